The van der Waals surface area contributed by atoms with Gasteiger partial charge in [0.1, 0.15) is 17.2 Å². The number of nitrogens with one attached hydrogen (secondary N) is 2. The van der Waals surface area contributed by atoms with Crippen LogP contribution < -0.4 is 15.8 Å². The molecule has 0 unspecified atom stereocenters. The second kappa shape index (κ2) is 11.3. The number of hydrogen-bond acceptors (Lipinski definition) is 7. The normalized spacial score (nSPS) is 17.4. The maximum Gasteiger partial charge on any atom is 0.410 e. The molecule has 12 heteroatoms. The minimum Gasteiger partial charge on any atom is -0.444 e. The molecule has 0 saturated carbocycles. The van der Waals surface area contributed by atoms with E-state index in [9.17, 15) is 18.0 Å². The lowest BCUT2D eigenvalue weighted by molar-refractivity contribution is 0.0195. The number of carbonyl (C=O) groups excluding carboxylic acids is 2. The van der Waals surface area contributed by atoms with Gasteiger partial charge in [0.05, 0.1) is 4.90 Å². The van der Waals surface area contributed by atoms with Crippen molar-refractivity contribution in [2.75, 3.05) is 25.4 Å². The molecule has 1 atom stereocenters. The third-order valence-electron chi connectivity index (χ3n) is 7.22. The number of ether oxygens (including phenoxy) is 1. The predicted octanol–water partition coefficient (Wildman–Crippen LogP) is 4.10. The fraction of sp³-hybridized carbons (Fsp3) is 0.367. The Labute approximate surface area is 244 Å². The average Bonchev–Trinajstić information content (AvgIpc) is 2.92. The number of nitrogens with two attached hydrogens (primary N) is 1. The van der Waals surface area contributed by atoms with Crippen LogP contribution in [0, 0.1) is 5.82 Å². The highest BCUT2D eigenvalue weighted by Gasteiger charge is 2.30. The van der Waals surface area contributed by atoms with Gasteiger partial charge in [-0.05, 0) is 75.4 Å². The number of rotatable bonds is 5. The summed E-state index contributed by atoms with van der Waals surface area (Å²) in [5, 5.41) is 2.81. The first-order chi connectivity index (χ1) is 19.8. The molecular weight excluding hydrogens is 561 g/mol. The molecule has 0 radical (unpaired) electrons. The van der Waals surface area contributed by atoms with Gasteiger partial charge in [0, 0.05) is 54.1 Å². The third-order valence-corrected chi connectivity index (χ3v) is 8.73. The molecule has 3 heterocycles. The molecule has 4 N–H and O–H groups in total. The van der Waals surface area contributed by atoms with Gasteiger partial charge in [0.15, 0.2) is 0 Å². The summed E-state index contributed by atoms with van der Waals surface area (Å²) in [7, 11) is -4.07. The van der Waals surface area contributed by atoms with Crippen LogP contribution in [-0.2, 0) is 21.2 Å². The molecule has 42 heavy (non-hydrogen) atoms. The van der Waals surface area contributed by atoms with Crippen LogP contribution in [0.1, 0.15) is 49.5 Å². The number of benzene rings is 2. The van der Waals surface area contributed by atoms with Gasteiger partial charge in [-0.3, -0.25) is 4.79 Å². The number of nitrogen functional groups attached to an aromatic ring is 1. The van der Waals surface area contributed by atoms with Gasteiger partial charge in [0.2, 0.25) is 10.0 Å². The van der Waals surface area contributed by atoms with Crippen LogP contribution in [0.5, 0.6) is 0 Å². The van der Waals surface area contributed by atoms with E-state index in [4.69, 9.17) is 10.5 Å². The summed E-state index contributed by atoms with van der Waals surface area (Å²) in [6, 6.07) is 10.3. The van der Waals surface area contributed by atoms with Crippen molar-refractivity contribution < 1.29 is 27.1 Å². The molecule has 2 aliphatic heterocycles. The zero-order chi connectivity index (χ0) is 30.2. The first-order valence-electron chi connectivity index (χ1n) is 13.8. The van der Waals surface area contributed by atoms with Gasteiger partial charge in [-0.1, -0.05) is 18.2 Å². The van der Waals surface area contributed by atoms with Crippen LogP contribution in [-0.4, -0.2) is 61.6 Å². The second-order valence-corrected chi connectivity index (χ2v) is 13.3. The molecule has 1 aromatic heterocycles. The highest BCUT2D eigenvalue weighted by molar-refractivity contribution is 7.89. The number of carbonyl (C=O) groups is 2. The quantitative estimate of drug-likeness (QED) is 0.403. The van der Waals surface area contributed by atoms with E-state index in [-0.39, 0.29) is 28.7 Å². The van der Waals surface area contributed by atoms with Crippen LogP contribution in [0.4, 0.5) is 15.0 Å². The molecular formula is C30H34FN5O5S. The molecule has 2 aromatic carbocycles. The summed E-state index contributed by atoms with van der Waals surface area (Å²) in [5.74, 6) is -0.620. The number of halogens is 1. The summed E-state index contributed by atoms with van der Waals surface area (Å²) in [6.45, 7) is 6.47. The van der Waals surface area contributed by atoms with E-state index in [2.05, 4.69) is 15.0 Å². The van der Waals surface area contributed by atoms with Gasteiger partial charge >= 0.3 is 6.09 Å². The maximum absolute atomic E-state index is 15.4. The van der Waals surface area contributed by atoms with Crippen LogP contribution in [0.2, 0.25) is 0 Å². The summed E-state index contributed by atoms with van der Waals surface area (Å²) in [6.07, 6.45) is 2.75. The Morgan fingerprint density at radius 2 is 1.88 bits per heavy atom. The Morgan fingerprint density at radius 3 is 2.62 bits per heavy atom. The minimum atomic E-state index is -4.07. The number of sulfonamides is 1. The zero-order valence-corrected chi connectivity index (χ0v) is 24.6. The van der Waals surface area contributed by atoms with E-state index in [1.54, 1.807) is 39.0 Å². The van der Waals surface area contributed by atoms with Crippen LogP contribution in [0.3, 0.4) is 0 Å². The van der Waals surface area contributed by atoms with E-state index in [0.717, 1.165) is 17.2 Å². The van der Waals surface area contributed by atoms with Crippen molar-refractivity contribution in [1.29, 1.82) is 0 Å². The zero-order valence-electron chi connectivity index (χ0n) is 23.7. The van der Waals surface area contributed by atoms with Crippen LogP contribution in [0.25, 0.3) is 22.3 Å². The minimum absolute atomic E-state index is 0.127. The Kier molecular flexibility index (Phi) is 7.95. The fourth-order valence-electron chi connectivity index (χ4n) is 5.20. The molecule has 0 aliphatic carbocycles. The number of likely N-dealkylation sites (tertiary alicyclic amines) is 1. The summed E-state index contributed by atoms with van der Waals surface area (Å²) in [4.78, 5) is 30.1. The topological polar surface area (TPSA) is 144 Å². The number of nitrogens with zero attached hydrogens (tertiary/aromatic N) is 2. The Balaban J connectivity index is 1.35. The summed E-state index contributed by atoms with van der Waals surface area (Å²) >= 11 is 0. The van der Waals surface area contributed by atoms with E-state index in [1.807, 2.05) is 6.07 Å². The Morgan fingerprint density at radius 1 is 1.12 bits per heavy atom. The first-order valence-corrected chi connectivity index (χ1v) is 15.3. The van der Waals surface area contributed by atoms with Crippen molar-refractivity contribution >= 4 is 27.8 Å². The van der Waals surface area contributed by atoms with Gasteiger partial charge in [0.25, 0.3) is 5.91 Å². The van der Waals surface area contributed by atoms with E-state index in [1.165, 1.54) is 23.2 Å². The SMILES string of the molecule is CC(C)(C)OC(=O)N1CCC[C@H](NS(=O)(=O)c2ccc(-c3cnc(N)c(-c4ccc5c(c4)CCNC5=O)c3)c(F)c2)C1. The largest absolute Gasteiger partial charge is 0.444 e. The van der Waals surface area contributed by atoms with E-state index in [0.29, 0.717) is 49.0 Å². The molecule has 1 fully saturated rings. The number of anilines is 1. The highest BCUT2D eigenvalue weighted by atomic mass is 32.2. The van der Waals surface area contributed by atoms with Gasteiger partial charge in [-0.2, -0.15) is 0 Å². The van der Waals surface area contributed by atoms with Crippen LogP contribution >= 0.6 is 0 Å². The molecule has 2 aliphatic rings. The van der Waals surface area contributed by atoms with Crippen molar-refractivity contribution in [1.82, 2.24) is 19.9 Å². The van der Waals surface area contributed by atoms with Crippen molar-refractivity contribution in [3.8, 4) is 22.3 Å². The first kappa shape index (κ1) is 29.5. The van der Waals surface area contributed by atoms with Gasteiger partial charge < -0.3 is 20.7 Å². The van der Waals surface area contributed by atoms with Crippen molar-refractivity contribution in [3.63, 3.8) is 0 Å². The second-order valence-electron chi connectivity index (χ2n) is 11.6. The number of amides is 2. The number of hydrogen-bond donors (Lipinski definition) is 3. The van der Waals surface area contributed by atoms with Crippen LogP contribution in [0.15, 0.2) is 53.6 Å². The lowest BCUT2D eigenvalue weighted by Crippen LogP contribution is -2.50. The number of fused-ring (bicyclic) bond motifs is 1. The summed E-state index contributed by atoms with van der Waals surface area (Å²) < 4.78 is 49.8. The molecule has 3 aromatic rings. The fourth-order valence-corrected chi connectivity index (χ4v) is 6.47. The van der Waals surface area contributed by atoms with Crippen molar-refractivity contribution in [2.45, 2.75) is 56.6 Å². The number of aromatic nitrogens is 1. The van der Waals surface area contributed by atoms with Crippen molar-refractivity contribution in [2.24, 2.45) is 0 Å². The molecule has 5 rings (SSSR count). The maximum atomic E-state index is 15.4. The average molecular weight is 596 g/mol. The Hall–Kier alpha value is -4.03. The lowest BCUT2D eigenvalue weighted by atomic mass is 9.94. The van der Waals surface area contributed by atoms with Gasteiger partial charge in [-0.25, -0.2) is 27.3 Å². The van der Waals surface area contributed by atoms with E-state index < -0.39 is 33.6 Å². The molecule has 0 spiro atoms. The number of piperidine rings is 1. The molecule has 1 saturated heterocycles. The van der Waals surface area contributed by atoms with Gasteiger partial charge in [-0.15, -0.1) is 0 Å². The smallest absolute Gasteiger partial charge is 0.410 e. The molecule has 2 amide bonds. The highest BCUT2D eigenvalue weighted by Crippen LogP contribution is 2.33. The number of pyridine rings is 1. The Bertz CT molecular complexity index is 1650. The van der Waals surface area contributed by atoms with E-state index >= 15 is 4.39 Å². The monoisotopic (exact) mass is 595 g/mol. The third kappa shape index (κ3) is 6.39. The lowest BCUT2D eigenvalue weighted by Gasteiger charge is -2.34. The predicted molar refractivity (Wildman–Crippen MR) is 157 cm³/mol. The molecule has 10 nitrogen and oxygen atoms in total. The molecule has 222 valence electrons. The summed E-state index contributed by atoms with van der Waals surface area (Å²) in [5.41, 5.74) is 8.90. The standard InChI is InChI=1S/C30H34FN5O5S/c1-30(2,3)41-29(38)36-12-4-5-21(17-36)35-42(39,40)22-7-9-23(26(31)15-22)20-14-25(27(32)34-16-20)18-6-8-24-19(13-18)10-11-33-28(24)37/h6-9,13-16,21,35H,4-5,10-12,17H2,1-3H3,(H2,32,34)(H,33,37)/t21-/m0/s1. The van der Waals surface area contributed by atoms with Crippen molar-refractivity contribution in [3.05, 3.63) is 65.6 Å². The molecule has 0 bridgehead atoms.